The highest BCUT2D eigenvalue weighted by Crippen LogP contribution is 2.26. The van der Waals surface area contributed by atoms with Gasteiger partial charge in [-0.3, -0.25) is 4.79 Å². The first-order chi connectivity index (χ1) is 14.2. The number of hydrogen-bond acceptors (Lipinski definition) is 5. The van der Waals surface area contributed by atoms with Gasteiger partial charge >= 0.3 is 0 Å². The van der Waals surface area contributed by atoms with Gasteiger partial charge in [0.05, 0.1) is 15.9 Å². The van der Waals surface area contributed by atoms with Crippen molar-refractivity contribution in [2.75, 3.05) is 0 Å². The molecular weight excluding hydrogens is 404 g/mol. The summed E-state index contributed by atoms with van der Waals surface area (Å²) >= 11 is 7.57. The number of thiazole rings is 1. The highest BCUT2D eigenvalue weighted by molar-refractivity contribution is 7.13. The zero-order chi connectivity index (χ0) is 19.8. The van der Waals surface area contributed by atoms with Crippen LogP contribution < -0.4 is 5.56 Å². The van der Waals surface area contributed by atoms with Crippen LogP contribution in [0.3, 0.4) is 0 Å². The van der Waals surface area contributed by atoms with Crippen LogP contribution in [-0.2, 0) is 0 Å². The Morgan fingerprint density at radius 2 is 1.69 bits per heavy atom. The Labute approximate surface area is 174 Å². The van der Waals surface area contributed by atoms with Crippen LogP contribution in [0, 0.1) is 0 Å². The minimum absolute atomic E-state index is 0.176. The Kier molecular flexibility index (Phi) is 4.42. The lowest BCUT2D eigenvalue weighted by molar-refractivity contribution is 0.932. The summed E-state index contributed by atoms with van der Waals surface area (Å²) in [6, 6.07) is 18.6. The third kappa shape index (κ3) is 3.22. The maximum Gasteiger partial charge on any atom is 0.267 e. The Bertz CT molecular complexity index is 1360. The van der Waals surface area contributed by atoms with Gasteiger partial charge in [0.1, 0.15) is 16.6 Å². The lowest BCUT2D eigenvalue weighted by Gasteiger charge is -2.13. The topological polar surface area (TPSA) is 60.7 Å². The molecule has 5 nitrogen and oxygen atoms in total. The van der Waals surface area contributed by atoms with Crippen molar-refractivity contribution in [2.45, 2.75) is 0 Å². The van der Waals surface area contributed by atoms with Crippen LogP contribution in [0.4, 0.5) is 0 Å². The first-order valence-corrected chi connectivity index (χ1v) is 10.1. The molecule has 0 unspecified atom stereocenters. The summed E-state index contributed by atoms with van der Waals surface area (Å²) in [5.74, 6) is 0.992. The van der Waals surface area contributed by atoms with Gasteiger partial charge in [0.15, 0.2) is 0 Å². The summed E-state index contributed by atoms with van der Waals surface area (Å²) in [7, 11) is 0. The number of hydrogen-bond donors (Lipinski definition) is 0. The van der Waals surface area contributed by atoms with E-state index >= 15 is 0 Å². The SMILES string of the molecule is O=c1c2ccccc2nc(-c2ccc(-c3nccs3)cc2)n1-c1ccc(Cl)cn1. The van der Waals surface area contributed by atoms with Gasteiger partial charge in [-0.25, -0.2) is 19.5 Å². The Balaban J connectivity index is 1.75. The number of rotatable bonds is 3. The number of pyridine rings is 1. The van der Waals surface area contributed by atoms with Gasteiger partial charge < -0.3 is 0 Å². The Morgan fingerprint density at radius 1 is 0.897 bits per heavy atom. The van der Waals surface area contributed by atoms with Gasteiger partial charge in [-0.2, -0.15) is 0 Å². The molecule has 0 aliphatic rings. The molecule has 3 heterocycles. The minimum Gasteiger partial charge on any atom is -0.268 e. The van der Waals surface area contributed by atoms with E-state index in [1.165, 1.54) is 10.8 Å². The summed E-state index contributed by atoms with van der Waals surface area (Å²) in [5.41, 5.74) is 2.29. The second-order valence-electron chi connectivity index (χ2n) is 6.34. The summed E-state index contributed by atoms with van der Waals surface area (Å²) in [4.78, 5) is 26.8. The second-order valence-corrected chi connectivity index (χ2v) is 7.67. The molecule has 0 saturated carbocycles. The van der Waals surface area contributed by atoms with E-state index in [2.05, 4.69) is 9.97 Å². The van der Waals surface area contributed by atoms with Gasteiger partial charge in [-0.1, -0.05) is 48.0 Å². The van der Waals surface area contributed by atoms with Gasteiger partial charge in [0.25, 0.3) is 5.56 Å². The summed E-state index contributed by atoms with van der Waals surface area (Å²) < 4.78 is 1.52. The van der Waals surface area contributed by atoms with E-state index in [4.69, 9.17) is 16.6 Å². The van der Waals surface area contributed by atoms with Crippen molar-refractivity contribution in [3.8, 4) is 27.8 Å². The molecule has 29 heavy (non-hydrogen) atoms. The van der Waals surface area contributed by atoms with Crippen molar-refractivity contribution in [2.24, 2.45) is 0 Å². The summed E-state index contributed by atoms with van der Waals surface area (Å²) in [5, 5.41) is 3.93. The first kappa shape index (κ1) is 17.7. The third-order valence-electron chi connectivity index (χ3n) is 4.54. The molecule has 0 spiro atoms. The van der Waals surface area contributed by atoms with E-state index in [9.17, 15) is 4.79 Å². The van der Waals surface area contributed by atoms with Crippen LogP contribution in [0.5, 0.6) is 0 Å². The van der Waals surface area contributed by atoms with Crippen LogP contribution in [0.25, 0.3) is 38.7 Å². The first-order valence-electron chi connectivity index (χ1n) is 8.85. The quantitative estimate of drug-likeness (QED) is 0.404. The van der Waals surface area contributed by atoms with Crippen LogP contribution in [0.15, 0.2) is 83.2 Å². The molecule has 7 heteroatoms. The zero-order valence-corrected chi connectivity index (χ0v) is 16.6. The zero-order valence-electron chi connectivity index (χ0n) is 15.0. The average molecular weight is 417 g/mol. The van der Waals surface area contributed by atoms with Gasteiger partial charge in [0.2, 0.25) is 0 Å². The molecule has 5 aromatic rings. The van der Waals surface area contributed by atoms with Crippen LogP contribution >= 0.6 is 22.9 Å². The monoisotopic (exact) mass is 416 g/mol. The lowest BCUT2D eigenvalue weighted by atomic mass is 10.1. The van der Waals surface area contributed by atoms with Crippen molar-refractivity contribution in [1.29, 1.82) is 0 Å². The largest absolute Gasteiger partial charge is 0.268 e. The molecule has 0 saturated heterocycles. The molecule has 0 atom stereocenters. The lowest BCUT2D eigenvalue weighted by Crippen LogP contribution is -2.22. The van der Waals surface area contributed by atoms with Crippen LogP contribution in [0.1, 0.15) is 0 Å². The van der Waals surface area contributed by atoms with Gasteiger partial charge in [-0.05, 0) is 24.3 Å². The maximum atomic E-state index is 13.3. The van der Waals surface area contributed by atoms with E-state index in [-0.39, 0.29) is 5.56 Å². The number of benzene rings is 2. The fraction of sp³-hybridized carbons (Fsp3) is 0. The smallest absolute Gasteiger partial charge is 0.267 e. The highest BCUT2D eigenvalue weighted by Gasteiger charge is 2.15. The molecule has 3 aromatic heterocycles. The number of aromatic nitrogens is 4. The predicted molar refractivity (Wildman–Crippen MR) is 117 cm³/mol. The van der Waals surface area contributed by atoms with Gasteiger partial charge in [-0.15, -0.1) is 11.3 Å². The van der Waals surface area contributed by atoms with E-state index in [0.717, 1.165) is 16.1 Å². The van der Waals surface area contributed by atoms with E-state index < -0.39 is 0 Å². The molecule has 0 aliphatic heterocycles. The molecule has 0 aliphatic carbocycles. The average Bonchev–Trinajstić information content (AvgIpc) is 3.30. The maximum absolute atomic E-state index is 13.3. The van der Waals surface area contributed by atoms with Crippen molar-refractivity contribution in [3.63, 3.8) is 0 Å². The Morgan fingerprint density at radius 3 is 2.41 bits per heavy atom. The molecule has 0 bridgehead atoms. The van der Waals surface area contributed by atoms with Crippen LogP contribution in [-0.4, -0.2) is 19.5 Å². The third-order valence-corrected chi connectivity index (χ3v) is 5.58. The minimum atomic E-state index is -0.176. The molecule has 0 fully saturated rings. The molecule has 0 N–H and O–H groups in total. The molecule has 2 aromatic carbocycles. The molecule has 140 valence electrons. The highest BCUT2D eigenvalue weighted by atomic mass is 35.5. The standard InChI is InChI=1S/C22H13ClN4OS/c23-16-9-10-19(25-13-16)27-20(26-18-4-2-1-3-17(18)22(27)28)14-5-7-15(8-6-14)21-24-11-12-29-21/h1-13H. The van der Waals surface area contributed by atoms with E-state index in [1.807, 2.05) is 47.8 Å². The van der Waals surface area contributed by atoms with Crippen molar-refractivity contribution in [3.05, 3.63) is 93.8 Å². The van der Waals surface area contributed by atoms with E-state index in [1.54, 1.807) is 35.7 Å². The number of para-hydroxylation sites is 1. The Hall–Kier alpha value is -3.35. The fourth-order valence-corrected chi connectivity index (χ4v) is 3.92. The number of nitrogens with zero attached hydrogens (tertiary/aromatic N) is 4. The van der Waals surface area contributed by atoms with Crippen LogP contribution in [0.2, 0.25) is 5.02 Å². The molecule has 0 radical (unpaired) electrons. The number of halogens is 1. The normalized spacial score (nSPS) is 11.1. The summed E-state index contributed by atoms with van der Waals surface area (Å²) in [6.45, 7) is 0. The summed E-state index contributed by atoms with van der Waals surface area (Å²) in [6.07, 6.45) is 3.30. The fourth-order valence-electron chi connectivity index (χ4n) is 3.17. The van der Waals surface area contributed by atoms with Crippen molar-refractivity contribution in [1.82, 2.24) is 19.5 Å². The second kappa shape index (κ2) is 7.24. The predicted octanol–water partition coefficient (Wildman–Crippen LogP) is 5.22. The van der Waals surface area contributed by atoms with Crippen molar-refractivity contribution < 1.29 is 0 Å². The molecule has 5 rings (SSSR count). The number of fused-ring (bicyclic) bond motifs is 1. The van der Waals surface area contributed by atoms with Crippen molar-refractivity contribution >= 4 is 33.8 Å². The van der Waals surface area contributed by atoms with Gasteiger partial charge in [0, 0.05) is 28.9 Å². The molecular formula is C22H13ClN4OS. The van der Waals surface area contributed by atoms with E-state index in [0.29, 0.717) is 27.6 Å². The molecule has 0 amide bonds.